The van der Waals surface area contributed by atoms with Gasteiger partial charge in [0.15, 0.2) is 5.54 Å². The van der Waals surface area contributed by atoms with Crippen LogP contribution in [-0.2, 0) is 16.9 Å². The minimum Gasteiger partial charge on any atom is -0.497 e. The number of ether oxygens (including phenoxy) is 1. The van der Waals surface area contributed by atoms with Crippen LogP contribution in [-0.4, -0.2) is 46.4 Å². The van der Waals surface area contributed by atoms with Gasteiger partial charge in [0.1, 0.15) is 11.5 Å². The maximum absolute atomic E-state index is 13.2. The van der Waals surface area contributed by atoms with Crippen LogP contribution >= 0.6 is 0 Å². The smallest absolute Gasteiger partial charge is 0.322 e. The minimum absolute atomic E-state index is 0.114. The van der Waals surface area contributed by atoms with E-state index in [9.17, 15) is 14.4 Å². The van der Waals surface area contributed by atoms with Crippen molar-refractivity contribution in [2.75, 3.05) is 13.7 Å². The Labute approximate surface area is 198 Å². The zero-order valence-electron chi connectivity index (χ0n) is 18.6. The number of nitrogens with zero attached hydrogens (tertiary/aromatic N) is 3. The first-order valence-electron chi connectivity index (χ1n) is 10.9. The van der Waals surface area contributed by atoms with E-state index >= 15 is 0 Å². The van der Waals surface area contributed by atoms with Crippen LogP contribution in [0.2, 0.25) is 0 Å². The number of carbonyl (C=O) groups excluding carboxylic acids is 3. The summed E-state index contributed by atoms with van der Waals surface area (Å²) in [6, 6.07) is 11.9. The van der Waals surface area contributed by atoms with E-state index in [4.69, 9.17) is 9.15 Å². The molecular formula is C25H19N5O5. The molecule has 10 heteroatoms. The predicted octanol–water partition coefficient (Wildman–Crippen LogP) is 2.59. The Balaban J connectivity index is 1.38. The molecule has 174 valence electrons. The van der Waals surface area contributed by atoms with Gasteiger partial charge >= 0.3 is 6.03 Å². The van der Waals surface area contributed by atoms with E-state index in [0.717, 1.165) is 16.7 Å². The highest BCUT2D eigenvalue weighted by Gasteiger charge is 2.53. The fourth-order valence-corrected chi connectivity index (χ4v) is 4.58. The van der Waals surface area contributed by atoms with Gasteiger partial charge in [0.25, 0.3) is 11.8 Å². The molecule has 0 radical (unpaired) electrons. The van der Waals surface area contributed by atoms with Crippen LogP contribution in [0.3, 0.4) is 0 Å². The molecule has 0 aliphatic carbocycles. The number of hydrogen-bond acceptors (Lipinski definition) is 7. The summed E-state index contributed by atoms with van der Waals surface area (Å²) in [5.41, 5.74) is 1.79. The fourth-order valence-electron chi connectivity index (χ4n) is 4.58. The third-order valence-electron chi connectivity index (χ3n) is 6.37. The summed E-state index contributed by atoms with van der Waals surface area (Å²) in [5.74, 6) is -0.107. The third kappa shape index (κ3) is 3.30. The average Bonchev–Trinajstić information content (AvgIpc) is 3.53. The molecule has 4 amide bonds. The lowest BCUT2D eigenvalue weighted by Gasteiger charge is -2.28. The molecule has 1 saturated heterocycles. The molecule has 1 aromatic carbocycles. The Morgan fingerprint density at radius 2 is 1.91 bits per heavy atom. The van der Waals surface area contributed by atoms with E-state index in [1.165, 1.54) is 12.0 Å². The Kier molecular flexibility index (Phi) is 4.56. The second-order valence-electron chi connectivity index (χ2n) is 8.46. The first-order chi connectivity index (χ1) is 17.0. The van der Waals surface area contributed by atoms with E-state index < -0.39 is 17.5 Å². The van der Waals surface area contributed by atoms with Crippen LogP contribution in [0.5, 0.6) is 5.75 Å². The molecule has 10 nitrogen and oxygen atoms in total. The number of imide groups is 1. The summed E-state index contributed by atoms with van der Waals surface area (Å²) in [5, 5.41) is 5.63. The molecule has 0 spiro atoms. The number of pyridine rings is 2. The number of hydrogen-bond donors (Lipinski definition) is 2. The van der Waals surface area contributed by atoms with Crippen molar-refractivity contribution < 1.29 is 23.5 Å². The van der Waals surface area contributed by atoms with Gasteiger partial charge in [-0.25, -0.2) is 9.78 Å². The molecule has 6 rings (SSSR count). The molecule has 2 N–H and O–H groups in total. The molecule has 2 aliphatic rings. The van der Waals surface area contributed by atoms with Crippen molar-refractivity contribution in [1.29, 1.82) is 0 Å². The van der Waals surface area contributed by atoms with E-state index in [1.807, 2.05) is 24.3 Å². The predicted molar refractivity (Wildman–Crippen MR) is 123 cm³/mol. The lowest BCUT2D eigenvalue weighted by atomic mass is 9.95. The highest BCUT2D eigenvalue weighted by atomic mass is 16.5. The van der Waals surface area contributed by atoms with Crippen LogP contribution in [0.15, 0.2) is 65.5 Å². The van der Waals surface area contributed by atoms with Crippen LogP contribution < -0.4 is 15.4 Å². The second kappa shape index (κ2) is 7.66. The quantitative estimate of drug-likeness (QED) is 0.430. The third-order valence-corrected chi connectivity index (χ3v) is 6.37. The van der Waals surface area contributed by atoms with Gasteiger partial charge in [-0.15, -0.1) is 0 Å². The highest BCUT2D eigenvalue weighted by Crippen LogP contribution is 2.35. The van der Waals surface area contributed by atoms with Crippen LogP contribution in [0.25, 0.3) is 22.2 Å². The number of carbonyl (C=O) groups is 3. The standard InChI is InChI=1S/C25H19N5O5/c1-34-18-3-2-15-12-30(22(31)19(15)10-18)13-25(23(32)28-24(33)29-25)20-9-16-8-17(11-27-21(16)35-20)14-4-6-26-7-5-14/h2-11H,12-13H2,1H3,(H2,28,29,32,33)/t25-/m0/s1. The number of benzene rings is 1. The summed E-state index contributed by atoms with van der Waals surface area (Å²) < 4.78 is 11.2. The number of nitrogens with one attached hydrogen (secondary N) is 2. The number of methoxy groups -OCH3 is 1. The Bertz CT molecular complexity index is 1520. The maximum Gasteiger partial charge on any atom is 0.322 e. The molecular weight excluding hydrogens is 450 g/mol. The largest absolute Gasteiger partial charge is 0.497 e. The van der Waals surface area contributed by atoms with Gasteiger partial charge in [0.2, 0.25) is 5.71 Å². The fraction of sp³-hybridized carbons (Fsp3) is 0.160. The lowest BCUT2D eigenvalue weighted by Crippen LogP contribution is -2.52. The molecule has 4 aromatic rings. The number of aromatic nitrogens is 2. The number of furan rings is 1. The summed E-state index contributed by atoms with van der Waals surface area (Å²) in [6.07, 6.45) is 5.04. The summed E-state index contributed by atoms with van der Waals surface area (Å²) in [7, 11) is 1.53. The van der Waals surface area contributed by atoms with Gasteiger partial charge in [-0.2, -0.15) is 0 Å². The summed E-state index contributed by atoms with van der Waals surface area (Å²) in [6.45, 7) is 0.172. The molecule has 2 aliphatic heterocycles. The number of fused-ring (bicyclic) bond motifs is 2. The van der Waals surface area contributed by atoms with E-state index in [-0.39, 0.29) is 24.8 Å². The summed E-state index contributed by atoms with van der Waals surface area (Å²) >= 11 is 0. The van der Waals surface area contributed by atoms with E-state index in [2.05, 4.69) is 20.6 Å². The van der Waals surface area contributed by atoms with Crippen molar-refractivity contribution in [2.45, 2.75) is 12.1 Å². The van der Waals surface area contributed by atoms with Crippen molar-refractivity contribution in [3.8, 4) is 16.9 Å². The molecule has 1 fully saturated rings. The van der Waals surface area contributed by atoms with Crippen molar-refractivity contribution in [3.05, 3.63) is 77.9 Å². The molecule has 35 heavy (non-hydrogen) atoms. The molecule has 1 atom stereocenters. The monoisotopic (exact) mass is 469 g/mol. The minimum atomic E-state index is -1.60. The molecule has 0 saturated carbocycles. The summed E-state index contributed by atoms with van der Waals surface area (Å²) in [4.78, 5) is 48.4. The molecule has 3 aromatic heterocycles. The molecule has 0 bridgehead atoms. The highest BCUT2D eigenvalue weighted by molar-refractivity contribution is 6.08. The van der Waals surface area contributed by atoms with Crippen LogP contribution in [0, 0.1) is 0 Å². The first kappa shape index (κ1) is 20.8. The second-order valence-corrected chi connectivity index (χ2v) is 8.46. The normalized spacial score (nSPS) is 19.1. The van der Waals surface area contributed by atoms with Gasteiger partial charge in [0, 0.05) is 41.6 Å². The van der Waals surface area contributed by atoms with Gasteiger partial charge in [-0.1, -0.05) is 6.07 Å². The Morgan fingerprint density at radius 1 is 1.09 bits per heavy atom. The SMILES string of the molecule is COc1ccc2c(c1)C(=O)N(C[C@@]1(c3cc4cc(-c5ccncc5)cnc4o3)NC(=O)NC1=O)C2. The first-order valence-corrected chi connectivity index (χ1v) is 10.9. The van der Waals surface area contributed by atoms with Gasteiger partial charge < -0.3 is 19.4 Å². The van der Waals surface area contributed by atoms with Crippen LogP contribution in [0.4, 0.5) is 4.79 Å². The zero-order valence-corrected chi connectivity index (χ0v) is 18.6. The van der Waals surface area contributed by atoms with Crippen molar-refractivity contribution in [3.63, 3.8) is 0 Å². The molecule has 0 unspecified atom stereocenters. The Morgan fingerprint density at radius 3 is 2.66 bits per heavy atom. The van der Waals surface area contributed by atoms with Gasteiger partial charge in [0.05, 0.1) is 13.7 Å². The van der Waals surface area contributed by atoms with Crippen molar-refractivity contribution in [2.24, 2.45) is 0 Å². The zero-order chi connectivity index (χ0) is 24.2. The molecule has 5 heterocycles. The van der Waals surface area contributed by atoms with Crippen molar-refractivity contribution >= 4 is 28.9 Å². The van der Waals surface area contributed by atoms with Gasteiger partial charge in [-0.05, 0) is 47.5 Å². The number of amides is 4. The number of rotatable bonds is 5. The van der Waals surface area contributed by atoms with Crippen molar-refractivity contribution in [1.82, 2.24) is 25.5 Å². The Hall–Kier alpha value is -4.73. The van der Waals surface area contributed by atoms with Crippen LogP contribution in [0.1, 0.15) is 21.7 Å². The maximum atomic E-state index is 13.2. The lowest BCUT2D eigenvalue weighted by molar-refractivity contribution is -0.125. The topological polar surface area (TPSA) is 127 Å². The average molecular weight is 469 g/mol. The number of urea groups is 1. The van der Waals surface area contributed by atoms with Gasteiger partial charge in [-0.3, -0.25) is 19.9 Å². The van der Waals surface area contributed by atoms with E-state index in [1.54, 1.807) is 36.8 Å². The van der Waals surface area contributed by atoms with E-state index in [0.29, 0.717) is 22.4 Å².